The Morgan fingerprint density at radius 3 is 1.27 bits per heavy atom. The van der Waals surface area contributed by atoms with Gasteiger partial charge in [-0.15, -0.1) is 0 Å². The van der Waals surface area contributed by atoms with Crippen LogP contribution in [0.2, 0.25) is 0 Å². The van der Waals surface area contributed by atoms with Crippen LogP contribution in [-0.4, -0.2) is 102 Å². The van der Waals surface area contributed by atoms with Gasteiger partial charge in [0, 0.05) is 112 Å². The molecule has 12 heteroatoms. The van der Waals surface area contributed by atoms with Crippen molar-refractivity contribution < 1.29 is 19.8 Å². The Bertz CT molecular complexity index is 2350. The molecule has 0 aliphatic carbocycles. The molecule has 2 aromatic carbocycles. The van der Waals surface area contributed by atoms with Gasteiger partial charge in [0.2, 0.25) is 11.8 Å². The van der Waals surface area contributed by atoms with Crippen LogP contribution in [0.3, 0.4) is 0 Å². The highest BCUT2D eigenvalue weighted by molar-refractivity contribution is 5.84. The lowest BCUT2D eigenvalue weighted by Gasteiger charge is -2.36. The lowest BCUT2D eigenvalue weighted by atomic mass is 9.88. The summed E-state index contributed by atoms with van der Waals surface area (Å²) in [4.78, 5) is 62.5. The van der Waals surface area contributed by atoms with Crippen LogP contribution < -0.4 is 11.1 Å². The Morgan fingerprint density at radius 1 is 0.545 bits per heavy atom. The van der Waals surface area contributed by atoms with E-state index < -0.39 is 0 Å². The topological polar surface area (TPSA) is 132 Å². The Morgan fingerprint density at radius 2 is 0.924 bits per heavy atom. The van der Waals surface area contributed by atoms with Crippen molar-refractivity contribution in [3.63, 3.8) is 0 Å². The minimum atomic E-state index is -0.373. The molecular formula is C54H66N6O6. The number of rotatable bonds is 10. The number of aromatic nitrogens is 2. The standard InChI is InChI=1S/2C27H33N3O3/c2*1-2-9-20-12-13-23-24-21(17-29(23)26(20)32)22(18-31)25(27(33)28-14-7-4-8-15-28)30(24)16-19-10-5-3-6-11-19/h2*2-3,5-6,9-13,21-22,24-25,31H,4,7-8,14-18H2,1H3/b9-2+;9-2-/t2*21-,22-,24+,25-/m00/s1. The summed E-state index contributed by atoms with van der Waals surface area (Å²) in [5, 5.41) is 21.0. The Kier molecular flexibility index (Phi) is 14.0. The number of aliphatic hydroxyl groups is 2. The lowest BCUT2D eigenvalue weighted by Crippen LogP contribution is -2.51. The van der Waals surface area contributed by atoms with Crippen molar-refractivity contribution in [1.29, 1.82) is 0 Å². The second kappa shape index (κ2) is 20.2. The quantitative estimate of drug-likeness (QED) is 0.195. The molecule has 348 valence electrons. The number of hydrogen-bond donors (Lipinski definition) is 2. The number of carbonyl (C=O) groups is 2. The number of piperidine rings is 2. The highest BCUT2D eigenvalue weighted by atomic mass is 16.3. The zero-order valence-corrected chi connectivity index (χ0v) is 38.5. The summed E-state index contributed by atoms with van der Waals surface area (Å²) in [6.45, 7) is 9.22. The van der Waals surface area contributed by atoms with Crippen molar-refractivity contribution in [2.45, 2.75) is 103 Å². The first-order valence-corrected chi connectivity index (χ1v) is 24.4. The number of aliphatic hydroxyl groups excluding tert-OH is 2. The zero-order valence-electron chi connectivity index (χ0n) is 38.5. The maximum Gasteiger partial charge on any atom is 0.258 e. The third kappa shape index (κ3) is 8.57. The molecule has 0 bridgehead atoms. The van der Waals surface area contributed by atoms with Gasteiger partial charge in [0.15, 0.2) is 0 Å². The Balaban J connectivity index is 0.000000166. The normalized spacial score (nSPS) is 27.2. The van der Waals surface area contributed by atoms with E-state index in [0.717, 1.165) is 74.4 Å². The Labute approximate surface area is 388 Å². The van der Waals surface area contributed by atoms with E-state index in [9.17, 15) is 29.4 Å². The van der Waals surface area contributed by atoms with Crippen molar-refractivity contribution in [1.82, 2.24) is 28.7 Å². The monoisotopic (exact) mass is 895 g/mol. The van der Waals surface area contributed by atoms with Crippen LogP contribution in [0.25, 0.3) is 12.2 Å². The number of pyridine rings is 2. The van der Waals surface area contributed by atoms with E-state index in [1.807, 2.05) is 118 Å². The summed E-state index contributed by atoms with van der Waals surface area (Å²) in [6, 6.07) is 27.4. The highest BCUT2D eigenvalue weighted by Crippen LogP contribution is 2.51. The van der Waals surface area contributed by atoms with Crippen molar-refractivity contribution in [3.8, 4) is 0 Å². The molecule has 2 N–H and O–H groups in total. The molecule has 66 heavy (non-hydrogen) atoms. The smallest absolute Gasteiger partial charge is 0.258 e. The maximum absolute atomic E-state index is 13.8. The van der Waals surface area contributed by atoms with Gasteiger partial charge >= 0.3 is 0 Å². The molecule has 8 heterocycles. The SMILES string of the molecule is C/C=C/c1ccc2n(c1=O)C[C@H]1[C@H](CO)[C@@H](C(=O)N3CCCCC3)N(Cc3ccccc3)[C@@H]21.C/C=C\c1ccc2n(c1=O)C[C@H]1[C@H](CO)[C@@H](C(=O)N3CCCCC3)N(Cc3ccccc3)[C@@H]21. The summed E-state index contributed by atoms with van der Waals surface area (Å²) < 4.78 is 3.74. The van der Waals surface area contributed by atoms with Gasteiger partial charge in [-0.25, -0.2) is 0 Å². The lowest BCUT2D eigenvalue weighted by molar-refractivity contribution is -0.140. The van der Waals surface area contributed by atoms with Crippen molar-refractivity contribution in [2.75, 3.05) is 39.4 Å². The number of nitrogens with zero attached hydrogens (tertiary/aromatic N) is 6. The first kappa shape index (κ1) is 45.7. The molecule has 2 aromatic heterocycles. The van der Waals surface area contributed by atoms with E-state index >= 15 is 0 Å². The maximum atomic E-state index is 13.8. The minimum absolute atomic E-state index is 0.00950. The molecule has 4 aromatic rings. The molecule has 12 nitrogen and oxygen atoms in total. The van der Waals surface area contributed by atoms with Gasteiger partial charge in [-0.3, -0.25) is 29.0 Å². The third-order valence-corrected chi connectivity index (χ3v) is 15.4. The molecule has 6 aliphatic heterocycles. The van der Waals surface area contributed by atoms with E-state index in [2.05, 4.69) is 34.1 Å². The van der Waals surface area contributed by atoms with Crippen LogP contribution in [0.1, 0.15) is 98.1 Å². The van der Waals surface area contributed by atoms with E-state index in [-0.39, 0.29) is 84.0 Å². The van der Waals surface area contributed by atoms with E-state index in [1.165, 1.54) is 12.8 Å². The molecule has 8 atom stereocenters. The van der Waals surface area contributed by atoms with Gasteiger partial charge < -0.3 is 29.1 Å². The van der Waals surface area contributed by atoms with Crippen LogP contribution in [0.4, 0.5) is 0 Å². The van der Waals surface area contributed by atoms with Crippen LogP contribution in [0.15, 0.2) is 107 Å². The Hall–Kier alpha value is -5.40. The van der Waals surface area contributed by atoms with E-state index in [1.54, 1.807) is 0 Å². The minimum Gasteiger partial charge on any atom is -0.396 e. The first-order valence-electron chi connectivity index (χ1n) is 24.4. The largest absolute Gasteiger partial charge is 0.396 e. The first-order chi connectivity index (χ1) is 32.3. The van der Waals surface area contributed by atoms with Crippen LogP contribution >= 0.6 is 0 Å². The molecule has 0 unspecified atom stereocenters. The molecule has 0 spiro atoms. The molecule has 0 saturated carbocycles. The predicted octanol–water partition coefficient (Wildman–Crippen LogP) is 6.12. The fourth-order valence-corrected chi connectivity index (χ4v) is 12.4. The van der Waals surface area contributed by atoms with Crippen molar-refractivity contribution >= 4 is 24.0 Å². The number of fused-ring (bicyclic) bond motifs is 6. The molecule has 4 saturated heterocycles. The average Bonchev–Trinajstić information content (AvgIpc) is 4.09. The fourth-order valence-electron chi connectivity index (χ4n) is 12.4. The van der Waals surface area contributed by atoms with Crippen LogP contribution in [-0.2, 0) is 35.8 Å². The van der Waals surface area contributed by atoms with E-state index in [0.29, 0.717) is 37.3 Å². The summed E-state index contributed by atoms with van der Waals surface area (Å²) in [6.07, 6.45) is 14.0. The van der Waals surface area contributed by atoms with Crippen molar-refractivity contribution in [3.05, 3.63) is 151 Å². The second-order valence-electron chi connectivity index (χ2n) is 19.1. The summed E-state index contributed by atoms with van der Waals surface area (Å²) in [5.74, 6) is -0.0516. The van der Waals surface area contributed by atoms with Crippen molar-refractivity contribution in [2.24, 2.45) is 23.7 Å². The predicted molar refractivity (Wildman–Crippen MR) is 257 cm³/mol. The van der Waals surface area contributed by atoms with Gasteiger partial charge in [-0.1, -0.05) is 85.0 Å². The zero-order chi connectivity index (χ0) is 45.9. The molecular weight excluding hydrogens is 829 g/mol. The number of hydrogen-bond acceptors (Lipinski definition) is 8. The number of carbonyl (C=O) groups excluding carboxylic acids is 2. The average molecular weight is 895 g/mol. The summed E-state index contributed by atoms with van der Waals surface area (Å²) in [5.41, 5.74) is 5.57. The number of allylic oxidation sites excluding steroid dienone is 2. The van der Waals surface area contributed by atoms with Crippen LogP contribution in [0.5, 0.6) is 0 Å². The van der Waals surface area contributed by atoms with Gasteiger partial charge in [-0.2, -0.15) is 0 Å². The number of likely N-dealkylation sites (tertiary alicyclic amines) is 4. The molecule has 6 aliphatic rings. The molecule has 4 fully saturated rings. The van der Waals surface area contributed by atoms with Crippen LogP contribution in [0, 0.1) is 23.7 Å². The van der Waals surface area contributed by atoms with Gasteiger partial charge in [0.05, 0.1) is 24.2 Å². The fraction of sp³-hybridized carbons (Fsp3) is 0.481. The number of benzene rings is 2. The third-order valence-electron chi connectivity index (χ3n) is 15.4. The molecule has 0 radical (unpaired) electrons. The van der Waals surface area contributed by atoms with Gasteiger partial charge in [-0.05, 0) is 87.8 Å². The molecule has 2 amide bonds. The number of amides is 2. The molecule has 10 rings (SSSR count). The van der Waals surface area contributed by atoms with E-state index in [4.69, 9.17) is 0 Å². The second-order valence-corrected chi connectivity index (χ2v) is 19.1. The highest BCUT2D eigenvalue weighted by Gasteiger charge is 2.57. The summed E-state index contributed by atoms with van der Waals surface area (Å²) >= 11 is 0. The van der Waals surface area contributed by atoms with Gasteiger partial charge in [0.25, 0.3) is 11.1 Å². The van der Waals surface area contributed by atoms with Gasteiger partial charge in [0.1, 0.15) is 0 Å². The summed E-state index contributed by atoms with van der Waals surface area (Å²) in [7, 11) is 0.